The minimum absolute atomic E-state index is 0.299. The van der Waals surface area contributed by atoms with Gasteiger partial charge in [-0.2, -0.15) is 0 Å². The summed E-state index contributed by atoms with van der Waals surface area (Å²) in [6.07, 6.45) is -0.471. The Morgan fingerprint density at radius 2 is 1.88 bits per heavy atom. The zero-order valence-corrected chi connectivity index (χ0v) is 15.3. The van der Waals surface area contributed by atoms with E-state index >= 15 is 0 Å². The maximum Gasteiger partial charge on any atom is 0.497 e. The Labute approximate surface area is 148 Å². The summed E-state index contributed by atoms with van der Waals surface area (Å²) in [5.74, 6) is -0.0746. The summed E-state index contributed by atoms with van der Waals surface area (Å²) in [4.78, 5) is 11.8. The molecule has 0 saturated carbocycles. The van der Waals surface area contributed by atoms with Gasteiger partial charge in [0.05, 0.1) is 17.8 Å². The molecule has 138 valence electrons. The number of ether oxygens (including phenoxy) is 1. The number of carboxylic acid groups (broad SMARTS) is 1. The monoisotopic (exact) mass is 353 g/mol. The van der Waals surface area contributed by atoms with Crippen LogP contribution in [-0.2, 0) is 9.31 Å². The predicted molar refractivity (Wildman–Crippen MR) is 92.9 cm³/mol. The van der Waals surface area contributed by atoms with Crippen molar-refractivity contribution >= 4 is 18.7 Å². The van der Waals surface area contributed by atoms with Gasteiger partial charge in [0.15, 0.2) is 0 Å². The molecule has 0 aromatic heterocycles. The minimum atomic E-state index is -0.988. The molecule has 0 spiro atoms. The van der Waals surface area contributed by atoms with Crippen LogP contribution in [-0.4, -0.2) is 54.6 Å². The summed E-state index contributed by atoms with van der Waals surface area (Å²) in [6, 6.07) is 4.54. The number of amides is 1. The second kappa shape index (κ2) is 7.21. The highest BCUT2D eigenvalue weighted by Crippen LogP contribution is 2.36. The molecule has 1 aromatic rings. The van der Waals surface area contributed by atoms with Gasteiger partial charge in [0, 0.05) is 25.1 Å². The molecule has 1 aliphatic rings. The van der Waals surface area contributed by atoms with Crippen LogP contribution in [0.15, 0.2) is 18.2 Å². The summed E-state index contributed by atoms with van der Waals surface area (Å²) >= 11 is 0. The van der Waals surface area contributed by atoms with Crippen molar-refractivity contribution < 1.29 is 28.3 Å². The van der Waals surface area contributed by atoms with Gasteiger partial charge >= 0.3 is 13.2 Å². The first kappa shape index (κ1) is 19.5. The molecule has 0 aliphatic carbocycles. The first-order valence-electron chi connectivity index (χ1n) is 8.25. The summed E-state index contributed by atoms with van der Waals surface area (Å²) < 4.78 is 31.6. The highest BCUT2D eigenvalue weighted by Gasteiger charge is 2.52. The van der Waals surface area contributed by atoms with Crippen LogP contribution in [0.4, 0.5) is 9.18 Å². The molecular formula is C17H25BFNO5. The summed E-state index contributed by atoms with van der Waals surface area (Å²) in [7, 11) is 0.727. The fraction of sp³-hybridized carbons (Fsp3) is 0.588. The average Bonchev–Trinajstić information content (AvgIpc) is 2.71. The molecule has 1 amide bonds. The van der Waals surface area contributed by atoms with E-state index in [4.69, 9.17) is 19.2 Å². The molecule has 1 saturated heterocycles. The van der Waals surface area contributed by atoms with Gasteiger partial charge in [0.1, 0.15) is 11.6 Å². The van der Waals surface area contributed by atoms with Crippen molar-refractivity contribution in [2.45, 2.75) is 45.3 Å². The Hall–Kier alpha value is -1.80. The van der Waals surface area contributed by atoms with Crippen molar-refractivity contribution in [2.75, 3.05) is 20.2 Å². The zero-order chi connectivity index (χ0) is 18.8. The lowest BCUT2D eigenvalue weighted by Gasteiger charge is -2.32. The average molecular weight is 353 g/mol. The van der Waals surface area contributed by atoms with Crippen LogP contribution < -0.4 is 10.2 Å². The highest BCUT2D eigenvalue weighted by molar-refractivity contribution is 6.62. The van der Waals surface area contributed by atoms with Crippen molar-refractivity contribution in [1.82, 2.24) is 4.90 Å². The molecule has 1 heterocycles. The molecule has 1 fully saturated rings. The molecule has 0 radical (unpaired) electrons. The number of benzene rings is 1. The fourth-order valence-corrected chi connectivity index (χ4v) is 2.35. The van der Waals surface area contributed by atoms with Crippen LogP contribution >= 0.6 is 0 Å². The molecule has 1 aliphatic heterocycles. The maximum absolute atomic E-state index is 14.4. The van der Waals surface area contributed by atoms with Crippen molar-refractivity contribution in [1.29, 1.82) is 0 Å². The van der Waals surface area contributed by atoms with Crippen molar-refractivity contribution in [2.24, 2.45) is 0 Å². The predicted octanol–water partition coefficient (Wildman–Crippen LogP) is 2.50. The third kappa shape index (κ3) is 4.44. The van der Waals surface area contributed by atoms with Crippen LogP contribution in [0.5, 0.6) is 5.75 Å². The summed E-state index contributed by atoms with van der Waals surface area (Å²) in [5, 5.41) is 8.75. The van der Waals surface area contributed by atoms with Gasteiger partial charge in [-0.15, -0.1) is 0 Å². The molecule has 2 rings (SSSR count). The van der Waals surface area contributed by atoms with E-state index < -0.39 is 30.2 Å². The van der Waals surface area contributed by atoms with Crippen LogP contribution in [0, 0.1) is 5.82 Å². The van der Waals surface area contributed by atoms with Gasteiger partial charge < -0.3 is 24.1 Å². The number of hydrogen-bond acceptors (Lipinski definition) is 4. The quantitative estimate of drug-likeness (QED) is 0.629. The second-order valence-corrected chi connectivity index (χ2v) is 7.18. The SMILES string of the molecule is CN(CCCOc1ccc(B2OC(C)(C)C(C)(C)O2)c(F)c1)C(=O)O. The second-order valence-electron chi connectivity index (χ2n) is 7.18. The van der Waals surface area contributed by atoms with Crippen molar-refractivity contribution in [3.05, 3.63) is 24.0 Å². The van der Waals surface area contributed by atoms with Gasteiger partial charge in [-0.05, 0) is 40.2 Å². The van der Waals surface area contributed by atoms with E-state index in [2.05, 4.69) is 0 Å². The first-order valence-corrected chi connectivity index (χ1v) is 8.25. The van der Waals surface area contributed by atoms with Gasteiger partial charge in [-0.25, -0.2) is 9.18 Å². The van der Waals surface area contributed by atoms with Crippen molar-refractivity contribution in [3.8, 4) is 5.75 Å². The Morgan fingerprint density at radius 3 is 2.40 bits per heavy atom. The topological polar surface area (TPSA) is 68.2 Å². The minimum Gasteiger partial charge on any atom is -0.493 e. The number of nitrogens with zero attached hydrogens (tertiary/aromatic N) is 1. The zero-order valence-electron chi connectivity index (χ0n) is 15.3. The van der Waals surface area contributed by atoms with Crippen LogP contribution in [0.3, 0.4) is 0 Å². The Bertz CT molecular complexity index is 621. The lowest BCUT2D eigenvalue weighted by Crippen LogP contribution is -2.41. The van der Waals surface area contributed by atoms with Gasteiger partial charge in [-0.3, -0.25) is 0 Å². The fourth-order valence-electron chi connectivity index (χ4n) is 2.35. The van der Waals surface area contributed by atoms with Crippen molar-refractivity contribution in [3.63, 3.8) is 0 Å². The number of rotatable bonds is 6. The van der Waals surface area contributed by atoms with E-state index in [1.807, 2.05) is 27.7 Å². The molecular weight excluding hydrogens is 328 g/mol. The normalized spacial score (nSPS) is 18.2. The molecule has 1 N–H and O–H groups in total. The van der Waals surface area contributed by atoms with E-state index in [0.29, 0.717) is 30.8 Å². The molecule has 1 aromatic carbocycles. The number of carbonyl (C=O) groups is 1. The molecule has 6 nitrogen and oxygen atoms in total. The molecule has 8 heteroatoms. The highest BCUT2D eigenvalue weighted by atomic mass is 19.1. The van der Waals surface area contributed by atoms with E-state index in [1.54, 1.807) is 12.1 Å². The largest absolute Gasteiger partial charge is 0.497 e. The van der Waals surface area contributed by atoms with Gasteiger partial charge in [0.2, 0.25) is 0 Å². The summed E-state index contributed by atoms with van der Waals surface area (Å²) in [6.45, 7) is 8.30. The molecule has 0 bridgehead atoms. The van der Waals surface area contributed by atoms with Crippen LogP contribution in [0.25, 0.3) is 0 Å². The van der Waals surface area contributed by atoms with Crippen LogP contribution in [0.2, 0.25) is 0 Å². The van der Waals surface area contributed by atoms with E-state index in [1.165, 1.54) is 18.0 Å². The lowest BCUT2D eigenvalue weighted by molar-refractivity contribution is 0.00578. The summed E-state index contributed by atoms with van der Waals surface area (Å²) in [5.41, 5.74) is -0.734. The Balaban J connectivity index is 1.94. The molecule has 0 unspecified atom stereocenters. The first-order chi connectivity index (χ1) is 11.5. The molecule has 0 atom stereocenters. The lowest BCUT2D eigenvalue weighted by atomic mass is 9.78. The van der Waals surface area contributed by atoms with Gasteiger partial charge in [-0.1, -0.05) is 6.07 Å². The smallest absolute Gasteiger partial charge is 0.493 e. The van der Waals surface area contributed by atoms with Gasteiger partial charge in [0.25, 0.3) is 0 Å². The van der Waals surface area contributed by atoms with Crippen LogP contribution in [0.1, 0.15) is 34.1 Å². The third-order valence-electron chi connectivity index (χ3n) is 4.71. The van der Waals surface area contributed by atoms with E-state index in [0.717, 1.165) is 0 Å². The third-order valence-corrected chi connectivity index (χ3v) is 4.71. The van der Waals surface area contributed by atoms with E-state index in [9.17, 15) is 9.18 Å². The standard InChI is InChI=1S/C17H25BFNO5/c1-16(2)17(3,4)25-18(24-16)13-8-7-12(11-14(13)19)23-10-6-9-20(5)15(21)22/h7-8,11H,6,9-10H2,1-5H3,(H,21,22). The molecule has 25 heavy (non-hydrogen) atoms. The number of hydrogen-bond donors (Lipinski definition) is 1. The Morgan fingerprint density at radius 1 is 1.28 bits per heavy atom. The maximum atomic E-state index is 14.4. The number of halogens is 1. The van der Waals surface area contributed by atoms with E-state index in [-0.39, 0.29) is 0 Å². The Kier molecular flexibility index (Phi) is 5.63.